The molecule has 0 atom stereocenters. The summed E-state index contributed by atoms with van der Waals surface area (Å²) in [4.78, 5) is 10.9. The fraction of sp³-hybridized carbons (Fsp3) is 0.214. The van der Waals surface area contributed by atoms with Gasteiger partial charge >= 0.3 is 0 Å². The SMILES string of the molecule is C=CCn1c(COc2ccc(F)cc2)nnc1SCC(N)=O. The van der Waals surface area contributed by atoms with Gasteiger partial charge in [0.2, 0.25) is 5.91 Å². The molecular weight excluding hydrogens is 307 g/mol. The van der Waals surface area contributed by atoms with E-state index in [0.717, 1.165) is 0 Å². The molecule has 22 heavy (non-hydrogen) atoms. The van der Waals surface area contributed by atoms with Gasteiger partial charge < -0.3 is 10.5 Å². The molecule has 6 nitrogen and oxygen atoms in total. The van der Waals surface area contributed by atoms with Crippen LogP contribution in [0.15, 0.2) is 42.1 Å². The fourth-order valence-corrected chi connectivity index (χ4v) is 2.37. The molecular formula is C14H15FN4O2S. The van der Waals surface area contributed by atoms with Crippen LogP contribution in [0.3, 0.4) is 0 Å². The van der Waals surface area contributed by atoms with Crippen LogP contribution in [0, 0.1) is 5.82 Å². The summed E-state index contributed by atoms with van der Waals surface area (Å²) >= 11 is 1.20. The lowest BCUT2D eigenvalue weighted by molar-refractivity contribution is -0.115. The van der Waals surface area contributed by atoms with E-state index in [1.54, 1.807) is 10.6 Å². The Morgan fingerprint density at radius 3 is 2.77 bits per heavy atom. The molecule has 0 radical (unpaired) electrons. The van der Waals surface area contributed by atoms with Gasteiger partial charge in [0.1, 0.15) is 18.2 Å². The van der Waals surface area contributed by atoms with Crippen LogP contribution in [0.5, 0.6) is 5.75 Å². The van der Waals surface area contributed by atoms with E-state index < -0.39 is 5.91 Å². The normalized spacial score (nSPS) is 10.4. The number of rotatable bonds is 8. The Morgan fingerprint density at radius 2 is 2.14 bits per heavy atom. The summed E-state index contributed by atoms with van der Waals surface area (Å²) in [7, 11) is 0. The van der Waals surface area contributed by atoms with Crippen molar-refractivity contribution in [2.45, 2.75) is 18.3 Å². The Bertz CT molecular complexity index is 657. The van der Waals surface area contributed by atoms with Gasteiger partial charge in [-0.25, -0.2) is 4.39 Å². The molecule has 1 amide bonds. The van der Waals surface area contributed by atoms with Crippen molar-refractivity contribution in [3.05, 3.63) is 48.6 Å². The average molecular weight is 322 g/mol. The predicted octanol–water partition coefficient (Wildman–Crippen LogP) is 1.76. The number of thioether (sulfide) groups is 1. The van der Waals surface area contributed by atoms with E-state index in [4.69, 9.17) is 10.5 Å². The monoisotopic (exact) mass is 322 g/mol. The number of benzene rings is 1. The lowest BCUT2D eigenvalue weighted by atomic mass is 10.3. The third-order valence-corrected chi connectivity index (χ3v) is 3.62. The van der Waals surface area contributed by atoms with E-state index in [1.807, 2.05) is 0 Å². The van der Waals surface area contributed by atoms with Gasteiger partial charge in [-0.05, 0) is 24.3 Å². The minimum atomic E-state index is -0.428. The first-order valence-corrected chi connectivity index (χ1v) is 7.41. The highest BCUT2D eigenvalue weighted by Crippen LogP contribution is 2.18. The smallest absolute Gasteiger partial charge is 0.227 e. The number of hydrogen-bond donors (Lipinski definition) is 1. The molecule has 8 heteroatoms. The molecule has 0 saturated heterocycles. The molecule has 2 N–H and O–H groups in total. The molecule has 0 bridgehead atoms. The van der Waals surface area contributed by atoms with Crippen molar-refractivity contribution in [3.8, 4) is 5.75 Å². The van der Waals surface area contributed by atoms with Gasteiger partial charge in [-0.2, -0.15) is 0 Å². The summed E-state index contributed by atoms with van der Waals surface area (Å²) in [5.41, 5.74) is 5.13. The third kappa shape index (κ3) is 4.32. The number of primary amides is 1. The predicted molar refractivity (Wildman–Crippen MR) is 80.9 cm³/mol. The van der Waals surface area contributed by atoms with Crippen LogP contribution in [0.25, 0.3) is 0 Å². The molecule has 0 unspecified atom stereocenters. The van der Waals surface area contributed by atoms with Crippen LogP contribution >= 0.6 is 11.8 Å². The molecule has 116 valence electrons. The van der Waals surface area contributed by atoms with Crippen molar-refractivity contribution in [2.24, 2.45) is 5.73 Å². The van der Waals surface area contributed by atoms with Crippen LogP contribution in [0.4, 0.5) is 4.39 Å². The topological polar surface area (TPSA) is 83.0 Å². The van der Waals surface area contributed by atoms with E-state index in [9.17, 15) is 9.18 Å². The van der Waals surface area contributed by atoms with Crippen molar-refractivity contribution in [1.82, 2.24) is 14.8 Å². The van der Waals surface area contributed by atoms with E-state index in [2.05, 4.69) is 16.8 Å². The van der Waals surface area contributed by atoms with Gasteiger partial charge in [-0.3, -0.25) is 9.36 Å². The highest BCUT2D eigenvalue weighted by Gasteiger charge is 2.13. The molecule has 2 rings (SSSR count). The number of nitrogens with two attached hydrogens (primary N) is 1. The van der Waals surface area contributed by atoms with Crippen molar-refractivity contribution in [3.63, 3.8) is 0 Å². The standard InChI is InChI=1S/C14H15FN4O2S/c1-2-7-19-13(17-18-14(19)22-9-12(16)20)8-21-11-5-3-10(15)4-6-11/h2-6H,1,7-9H2,(H2,16,20). The molecule has 2 aromatic rings. The summed E-state index contributed by atoms with van der Waals surface area (Å²) in [6.45, 7) is 4.33. The van der Waals surface area contributed by atoms with Crippen LogP contribution in [0.2, 0.25) is 0 Å². The van der Waals surface area contributed by atoms with Crippen LogP contribution in [-0.2, 0) is 17.9 Å². The summed E-state index contributed by atoms with van der Waals surface area (Å²) in [5.74, 6) is 0.473. The number of carbonyl (C=O) groups excluding carboxylic acids is 1. The number of nitrogens with zero attached hydrogens (tertiary/aromatic N) is 3. The molecule has 0 fully saturated rings. The summed E-state index contributed by atoms with van der Waals surface area (Å²) in [6, 6.07) is 5.70. The highest BCUT2D eigenvalue weighted by atomic mass is 32.2. The Hall–Kier alpha value is -2.35. The maximum absolute atomic E-state index is 12.8. The zero-order chi connectivity index (χ0) is 15.9. The van der Waals surface area contributed by atoms with Crippen molar-refractivity contribution in [1.29, 1.82) is 0 Å². The van der Waals surface area contributed by atoms with Gasteiger partial charge in [0, 0.05) is 6.54 Å². The van der Waals surface area contributed by atoms with E-state index >= 15 is 0 Å². The summed E-state index contributed by atoms with van der Waals surface area (Å²) < 4.78 is 20.2. The van der Waals surface area contributed by atoms with E-state index in [1.165, 1.54) is 36.0 Å². The quantitative estimate of drug-likeness (QED) is 0.591. The minimum Gasteiger partial charge on any atom is -0.486 e. The number of ether oxygens (including phenoxy) is 1. The third-order valence-electron chi connectivity index (χ3n) is 2.63. The summed E-state index contributed by atoms with van der Waals surface area (Å²) in [6.07, 6.45) is 1.69. The number of carbonyl (C=O) groups is 1. The number of amides is 1. The van der Waals surface area contributed by atoms with Gasteiger partial charge in [-0.15, -0.1) is 16.8 Å². The minimum absolute atomic E-state index is 0.119. The zero-order valence-electron chi connectivity index (χ0n) is 11.7. The summed E-state index contributed by atoms with van der Waals surface area (Å²) in [5, 5.41) is 8.62. The first-order chi connectivity index (χ1) is 10.6. The molecule has 0 spiro atoms. The van der Waals surface area contributed by atoms with Crippen LogP contribution in [0.1, 0.15) is 5.82 Å². The van der Waals surface area contributed by atoms with Gasteiger partial charge in [0.05, 0.1) is 5.75 Å². The molecule has 0 aliphatic rings. The Kier molecular flexibility index (Phi) is 5.54. The average Bonchev–Trinajstić information content (AvgIpc) is 2.87. The lowest BCUT2D eigenvalue weighted by Gasteiger charge is -2.08. The Labute approximate surface area is 131 Å². The number of allylic oxidation sites excluding steroid dienone is 1. The van der Waals surface area contributed by atoms with Crippen molar-refractivity contribution in [2.75, 3.05) is 5.75 Å². The fourth-order valence-electron chi connectivity index (χ4n) is 1.66. The number of halogens is 1. The zero-order valence-corrected chi connectivity index (χ0v) is 12.6. The van der Waals surface area contributed by atoms with Gasteiger partial charge in [-0.1, -0.05) is 17.8 Å². The Morgan fingerprint density at radius 1 is 1.41 bits per heavy atom. The van der Waals surface area contributed by atoms with E-state index in [-0.39, 0.29) is 18.2 Å². The molecule has 1 heterocycles. The molecule has 0 saturated carbocycles. The lowest BCUT2D eigenvalue weighted by Crippen LogP contribution is -2.14. The maximum Gasteiger partial charge on any atom is 0.227 e. The van der Waals surface area contributed by atoms with Gasteiger partial charge in [0.25, 0.3) is 0 Å². The molecule has 1 aromatic heterocycles. The molecule has 0 aliphatic carbocycles. The second kappa shape index (κ2) is 7.60. The second-order valence-corrected chi connectivity index (χ2v) is 5.24. The van der Waals surface area contributed by atoms with E-state index in [0.29, 0.717) is 23.3 Å². The van der Waals surface area contributed by atoms with Crippen molar-refractivity contribution < 1.29 is 13.9 Å². The first-order valence-electron chi connectivity index (χ1n) is 6.42. The largest absolute Gasteiger partial charge is 0.486 e. The molecule has 0 aliphatic heterocycles. The van der Waals surface area contributed by atoms with Crippen LogP contribution < -0.4 is 10.5 Å². The van der Waals surface area contributed by atoms with Gasteiger partial charge in [0.15, 0.2) is 11.0 Å². The second-order valence-electron chi connectivity index (χ2n) is 4.30. The highest BCUT2D eigenvalue weighted by molar-refractivity contribution is 7.99. The maximum atomic E-state index is 12.8. The number of aromatic nitrogens is 3. The molecule has 1 aromatic carbocycles. The first kappa shape index (κ1) is 16.0. The van der Waals surface area contributed by atoms with Crippen molar-refractivity contribution >= 4 is 17.7 Å². The Balaban J connectivity index is 2.07. The van der Waals surface area contributed by atoms with Crippen LogP contribution in [-0.4, -0.2) is 26.4 Å². The number of hydrogen-bond acceptors (Lipinski definition) is 5.